The molecule has 17 heavy (non-hydrogen) atoms. The van der Waals surface area contributed by atoms with E-state index in [2.05, 4.69) is 4.98 Å². The highest BCUT2D eigenvalue weighted by Gasteiger charge is 2.05. The Morgan fingerprint density at radius 1 is 1.18 bits per heavy atom. The van der Waals surface area contributed by atoms with Crippen LogP contribution in [-0.2, 0) is 0 Å². The van der Waals surface area contributed by atoms with Crippen LogP contribution in [0.3, 0.4) is 0 Å². The van der Waals surface area contributed by atoms with E-state index in [1.165, 1.54) is 6.07 Å². The third-order valence-corrected chi connectivity index (χ3v) is 2.27. The van der Waals surface area contributed by atoms with Crippen LogP contribution < -0.4 is 10.5 Å². The molecule has 4 heteroatoms. The standard InChI is InChI=1S/C13H13FN2O/c14-12-4-2-1-3-11(12)13-6-5-10(9-16-13)17-8-7-15/h1-6,9H,7-8,15H2. The van der Waals surface area contributed by atoms with Gasteiger partial charge in [0.1, 0.15) is 18.2 Å². The Kier molecular flexibility index (Phi) is 3.67. The molecule has 1 aromatic heterocycles. The second-order valence-corrected chi connectivity index (χ2v) is 3.50. The van der Waals surface area contributed by atoms with E-state index >= 15 is 0 Å². The van der Waals surface area contributed by atoms with E-state index in [4.69, 9.17) is 10.5 Å². The number of halogens is 1. The number of ether oxygens (including phenoxy) is 1. The van der Waals surface area contributed by atoms with E-state index in [9.17, 15) is 4.39 Å². The van der Waals surface area contributed by atoms with Crippen molar-refractivity contribution in [1.29, 1.82) is 0 Å². The molecule has 1 aromatic carbocycles. The fraction of sp³-hybridized carbons (Fsp3) is 0.154. The van der Waals surface area contributed by atoms with E-state index in [1.807, 2.05) is 0 Å². The van der Waals surface area contributed by atoms with Gasteiger partial charge >= 0.3 is 0 Å². The van der Waals surface area contributed by atoms with Crippen molar-refractivity contribution in [3.63, 3.8) is 0 Å². The monoisotopic (exact) mass is 232 g/mol. The Bertz CT molecular complexity index is 485. The molecule has 0 fully saturated rings. The van der Waals surface area contributed by atoms with E-state index < -0.39 is 0 Å². The van der Waals surface area contributed by atoms with Gasteiger partial charge in [-0.2, -0.15) is 0 Å². The molecule has 0 unspecified atom stereocenters. The van der Waals surface area contributed by atoms with Gasteiger partial charge in [-0.15, -0.1) is 0 Å². The van der Waals surface area contributed by atoms with Gasteiger partial charge < -0.3 is 10.5 Å². The lowest BCUT2D eigenvalue weighted by molar-refractivity contribution is 0.327. The van der Waals surface area contributed by atoms with Crippen molar-refractivity contribution < 1.29 is 9.13 Å². The zero-order valence-electron chi connectivity index (χ0n) is 9.27. The summed E-state index contributed by atoms with van der Waals surface area (Å²) in [6, 6.07) is 10.0. The maximum absolute atomic E-state index is 13.5. The van der Waals surface area contributed by atoms with E-state index in [0.29, 0.717) is 30.2 Å². The van der Waals surface area contributed by atoms with Gasteiger partial charge in [0.05, 0.1) is 11.9 Å². The van der Waals surface area contributed by atoms with Crippen LogP contribution in [0.5, 0.6) is 5.75 Å². The first-order valence-corrected chi connectivity index (χ1v) is 5.35. The molecule has 0 saturated heterocycles. The zero-order chi connectivity index (χ0) is 12.1. The largest absolute Gasteiger partial charge is 0.491 e. The first-order valence-electron chi connectivity index (χ1n) is 5.35. The van der Waals surface area contributed by atoms with Crippen molar-refractivity contribution in [1.82, 2.24) is 4.98 Å². The number of hydrogen-bond donors (Lipinski definition) is 1. The van der Waals surface area contributed by atoms with Crippen molar-refractivity contribution >= 4 is 0 Å². The van der Waals surface area contributed by atoms with Crippen molar-refractivity contribution in [2.45, 2.75) is 0 Å². The first-order chi connectivity index (χ1) is 8.31. The number of hydrogen-bond acceptors (Lipinski definition) is 3. The van der Waals surface area contributed by atoms with Crippen LogP contribution >= 0.6 is 0 Å². The summed E-state index contributed by atoms with van der Waals surface area (Å²) < 4.78 is 18.8. The van der Waals surface area contributed by atoms with Crippen LogP contribution in [0.2, 0.25) is 0 Å². The number of nitrogens with zero attached hydrogens (tertiary/aromatic N) is 1. The Hall–Kier alpha value is -1.94. The molecule has 0 saturated carbocycles. The molecular weight excluding hydrogens is 219 g/mol. The highest BCUT2D eigenvalue weighted by molar-refractivity contribution is 5.59. The normalized spacial score (nSPS) is 10.2. The average Bonchev–Trinajstić information content (AvgIpc) is 2.38. The Morgan fingerprint density at radius 3 is 2.65 bits per heavy atom. The lowest BCUT2D eigenvalue weighted by Gasteiger charge is -2.05. The fourth-order valence-corrected chi connectivity index (χ4v) is 1.47. The van der Waals surface area contributed by atoms with Crippen LogP contribution in [0, 0.1) is 5.82 Å². The van der Waals surface area contributed by atoms with Crippen LogP contribution in [0.1, 0.15) is 0 Å². The minimum Gasteiger partial charge on any atom is -0.491 e. The van der Waals surface area contributed by atoms with Crippen molar-refractivity contribution in [3.05, 3.63) is 48.4 Å². The smallest absolute Gasteiger partial charge is 0.137 e. The van der Waals surface area contributed by atoms with Crippen LogP contribution in [0.25, 0.3) is 11.3 Å². The highest BCUT2D eigenvalue weighted by atomic mass is 19.1. The molecule has 3 nitrogen and oxygen atoms in total. The summed E-state index contributed by atoms with van der Waals surface area (Å²) in [6.45, 7) is 0.899. The third kappa shape index (κ3) is 2.79. The minimum atomic E-state index is -0.282. The van der Waals surface area contributed by atoms with Crippen molar-refractivity contribution in [3.8, 4) is 17.0 Å². The molecule has 0 bridgehead atoms. The van der Waals surface area contributed by atoms with Gasteiger partial charge in [-0.3, -0.25) is 4.98 Å². The molecule has 2 aromatic rings. The molecule has 0 atom stereocenters. The molecule has 88 valence electrons. The second-order valence-electron chi connectivity index (χ2n) is 3.50. The summed E-state index contributed by atoms with van der Waals surface area (Å²) >= 11 is 0. The number of rotatable bonds is 4. The van der Waals surface area contributed by atoms with Gasteiger partial charge in [-0.25, -0.2) is 4.39 Å². The molecule has 1 heterocycles. The van der Waals surface area contributed by atoms with Gasteiger partial charge in [0.2, 0.25) is 0 Å². The highest BCUT2D eigenvalue weighted by Crippen LogP contribution is 2.21. The molecule has 2 rings (SSSR count). The lowest BCUT2D eigenvalue weighted by Crippen LogP contribution is -2.10. The van der Waals surface area contributed by atoms with Gasteiger partial charge in [-0.1, -0.05) is 12.1 Å². The summed E-state index contributed by atoms with van der Waals surface area (Å²) in [7, 11) is 0. The van der Waals surface area contributed by atoms with E-state index in [-0.39, 0.29) is 5.82 Å². The topological polar surface area (TPSA) is 48.1 Å². The summed E-state index contributed by atoms with van der Waals surface area (Å²) in [4.78, 5) is 4.16. The maximum atomic E-state index is 13.5. The first kappa shape index (κ1) is 11.5. The Morgan fingerprint density at radius 2 is 2.00 bits per heavy atom. The maximum Gasteiger partial charge on any atom is 0.137 e. The second kappa shape index (κ2) is 5.41. The molecule has 0 radical (unpaired) electrons. The van der Waals surface area contributed by atoms with Crippen LogP contribution in [0.4, 0.5) is 4.39 Å². The Labute approximate surface area is 99.1 Å². The predicted molar refractivity (Wildman–Crippen MR) is 64.2 cm³/mol. The molecule has 0 aliphatic rings. The van der Waals surface area contributed by atoms with Crippen LogP contribution in [-0.4, -0.2) is 18.1 Å². The summed E-state index contributed by atoms with van der Waals surface area (Å²) in [5.74, 6) is 0.353. The third-order valence-electron chi connectivity index (χ3n) is 2.27. The van der Waals surface area contributed by atoms with Crippen LogP contribution in [0.15, 0.2) is 42.6 Å². The summed E-state index contributed by atoms with van der Waals surface area (Å²) in [5.41, 5.74) is 6.39. The quantitative estimate of drug-likeness (QED) is 0.879. The molecule has 0 spiro atoms. The van der Waals surface area contributed by atoms with Gasteiger partial charge in [0, 0.05) is 12.1 Å². The molecule has 0 aliphatic heterocycles. The van der Waals surface area contributed by atoms with Gasteiger partial charge in [0.15, 0.2) is 0 Å². The van der Waals surface area contributed by atoms with Crippen molar-refractivity contribution in [2.24, 2.45) is 5.73 Å². The van der Waals surface area contributed by atoms with Gasteiger partial charge in [0.25, 0.3) is 0 Å². The van der Waals surface area contributed by atoms with E-state index in [1.54, 1.807) is 36.5 Å². The van der Waals surface area contributed by atoms with Gasteiger partial charge in [-0.05, 0) is 24.3 Å². The predicted octanol–water partition coefficient (Wildman–Crippen LogP) is 2.23. The number of aromatic nitrogens is 1. The number of benzene rings is 1. The van der Waals surface area contributed by atoms with Crippen molar-refractivity contribution in [2.75, 3.05) is 13.2 Å². The minimum absolute atomic E-state index is 0.282. The fourth-order valence-electron chi connectivity index (χ4n) is 1.47. The summed E-state index contributed by atoms with van der Waals surface area (Å²) in [5, 5.41) is 0. The zero-order valence-corrected chi connectivity index (χ0v) is 9.27. The Balaban J connectivity index is 2.21. The molecule has 0 aliphatic carbocycles. The number of nitrogens with two attached hydrogens (primary N) is 1. The average molecular weight is 232 g/mol. The SMILES string of the molecule is NCCOc1ccc(-c2ccccc2F)nc1. The molecule has 0 amide bonds. The molecule has 2 N–H and O–H groups in total. The summed E-state index contributed by atoms with van der Waals surface area (Å²) in [6.07, 6.45) is 1.57. The molecular formula is C13H13FN2O. The number of pyridine rings is 1. The lowest BCUT2D eigenvalue weighted by atomic mass is 10.1. The van der Waals surface area contributed by atoms with E-state index in [0.717, 1.165) is 0 Å².